The van der Waals surface area contributed by atoms with Crippen LogP contribution in [0.5, 0.6) is 0 Å². The fourth-order valence-corrected chi connectivity index (χ4v) is 3.91. The quantitative estimate of drug-likeness (QED) is 0.810. The van der Waals surface area contributed by atoms with Crippen molar-refractivity contribution >= 4 is 0 Å². The predicted molar refractivity (Wildman–Crippen MR) is 90.1 cm³/mol. The lowest BCUT2D eigenvalue weighted by molar-refractivity contribution is 0.0397. The number of piperazine rings is 1. The fraction of sp³-hybridized carbons (Fsp3) is 0.938. The molecule has 0 radical (unpaired) electrons. The molecule has 1 aromatic heterocycles. The van der Waals surface area contributed by atoms with Crippen LogP contribution < -0.4 is 0 Å². The molecule has 3 rings (SSSR count). The molecule has 23 heavy (non-hydrogen) atoms. The molecule has 0 spiro atoms. The molecule has 2 aliphatic heterocycles. The molecule has 2 fully saturated rings. The second-order valence-corrected chi connectivity index (χ2v) is 7.76. The number of aryl methyl sites for hydroxylation is 1. The van der Waals surface area contributed by atoms with Gasteiger partial charge in [-0.3, -0.25) is 4.90 Å². The van der Waals surface area contributed by atoms with Crippen molar-refractivity contribution in [3.8, 4) is 0 Å². The predicted octanol–water partition coefficient (Wildman–Crippen LogP) is 0.621. The zero-order valence-electron chi connectivity index (χ0n) is 15.1. The molecule has 1 atom stereocenters. The van der Waals surface area contributed by atoms with Crippen LogP contribution in [0.1, 0.15) is 38.6 Å². The van der Waals surface area contributed by atoms with E-state index in [1.165, 1.54) is 45.6 Å². The zero-order chi connectivity index (χ0) is 16.4. The summed E-state index contributed by atoms with van der Waals surface area (Å²) in [5.41, 5.74) is 0.449. The summed E-state index contributed by atoms with van der Waals surface area (Å²) in [6, 6.07) is 0.295. The van der Waals surface area contributed by atoms with Crippen molar-refractivity contribution in [1.82, 2.24) is 34.9 Å². The van der Waals surface area contributed by atoms with Crippen molar-refractivity contribution < 1.29 is 0 Å². The number of hydrogen-bond donors (Lipinski definition) is 0. The molecule has 7 nitrogen and oxygen atoms in total. The van der Waals surface area contributed by atoms with E-state index in [1.54, 1.807) is 4.68 Å². The molecule has 0 saturated carbocycles. The minimum atomic E-state index is 0.295. The lowest BCUT2D eigenvalue weighted by Crippen LogP contribution is -2.50. The molecule has 2 aliphatic rings. The summed E-state index contributed by atoms with van der Waals surface area (Å²) in [5.74, 6) is 0.965. The highest BCUT2D eigenvalue weighted by molar-refractivity contribution is 4.94. The molecule has 0 aliphatic carbocycles. The SMILES string of the molecule is C[C@@H](c1nnnn1C)N1CCC(C)(CN2CCN(C)CC2)CC1. The van der Waals surface area contributed by atoms with E-state index >= 15 is 0 Å². The Morgan fingerprint density at radius 3 is 2.26 bits per heavy atom. The van der Waals surface area contributed by atoms with Crippen LogP contribution in [0.2, 0.25) is 0 Å². The average Bonchev–Trinajstić information content (AvgIpc) is 2.96. The number of hydrogen-bond acceptors (Lipinski definition) is 6. The first-order valence-electron chi connectivity index (χ1n) is 8.84. The van der Waals surface area contributed by atoms with Gasteiger partial charge in [0.25, 0.3) is 0 Å². The highest BCUT2D eigenvalue weighted by atomic mass is 15.5. The van der Waals surface area contributed by atoms with Gasteiger partial charge >= 0.3 is 0 Å². The molecule has 2 saturated heterocycles. The first-order valence-corrected chi connectivity index (χ1v) is 8.84. The van der Waals surface area contributed by atoms with Crippen LogP contribution in [0.3, 0.4) is 0 Å². The lowest BCUT2D eigenvalue weighted by Gasteiger charge is -2.45. The van der Waals surface area contributed by atoms with E-state index < -0.39 is 0 Å². The van der Waals surface area contributed by atoms with Crippen LogP contribution in [-0.4, -0.2) is 87.8 Å². The average molecular weight is 321 g/mol. The van der Waals surface area contributed by atoms with Gasteiger partial charge in [0.1, 0.15) is 0 Å². The maximum Gasteiger partial charge on any atom is 0.167 e. The molecule has 1 aromatic rings. The van der Waals surface area contributed by atoms with Gasteiger partial charge in [-0.2, -0.15) is 0 Å². The standard InChI is InChI=1S/C16H31N7/c1-14(15-17-18-19-21(15)4)23-7-5-16(2,6-8-23)13-22-11-9-20(3)10-12-22/h14H,5-13H2,1-4H3/t14-/m0/s1. The summed E-state index contributed by atoms with van der Waals surface area (Å²) in [5, 5.41) is 11.9. The molecule has 0 amide bonds. The number of rotatable bonds is 4. The van der Waals surface area contributed by atoms with Gasteiger partial charge in [0.05, 0.1) is 6.04 Å². The van der Waals surface area contributed by atoms with Gasteiger partial charge in [-0.15, -0.1) is 5.10 Å². The molecule has 3 heterocycles. The van der Waals surface area contributed by atoms with E-state index in [0.29, 0.717) is 11.5 Å². The van der Waals surface area contributed by atoms with Crippen LogP contribution in [0.25, 0.3) is 0 Å². The topological polar surface area (TPSA) is 53.3 Å². The van der Waals surface area contributed by atoms with Gasteiger partial charge in [0.15, 0.2) is 5.82 Å². The Labute approximate surface area is 139 Å². The second-order valence-electron chi connectivity index (χ2n) is 7.76. The van der Waals surface area contributed by atoms with Gasteiger partial charge in [0.2, 0.25) is 0 Å². The molecule has 0 bridgehead atoms. The minimum Gasteiger partial charge on any atom is -0.304 e. The summed E-state index contributed by atoms with van der Waals surface area (Å²) in [6.45, 7) is 13.1. The molecular formula is C16H31N7. The summed E-state index contributed by atoms with van der Waals surface area (Å²) >= 11 is 0. The maximum atomic E-state index is 4.18. The molecule has 7 heteroatoms. The Morgan fingerprint density at radius 2 is 1.70 bits per heavy atom. The van der Waals surface area contributed by atoms with E-state index in [9.17, 15) is 0 Å². The van der Waals surface area contributed by atoms with E-state index in [-0.39, 0.29) is 0 Å². The van der Waals surface area contributed by atoms with Gasteiger partial charge in [-0.05, 0) is 55.7 Å². The summed E-state index contributed by atoms with van der Waals surface area (Å²) < 4.78 is 1.79. The summed E-state index contributed by atoms with van der Waals surface area (Å²) in [6.07, 6.45) is 2.52. The number of likely N-dealkylation sites (N-methyl/N-ethyl adjacent to an activating group) is 1. The zero-order valence-corrected chi connectivity index (χ0v) is 15.1. The maximum absolute atomic E-state index is 4.18. The van der Waals surface area contributed by atoms with Crippen LogP contribution >= 0.6 is 0 Å². The lowest BCUT2D eigenvalue weighted by atomic mass is 9.79. The van der Waals surface area contributed by atoms with Gasteiger partial charge in [-0.1, -0.05) is 6.92 Å². The molecule has 0 aromatic carbocycles. The third-order valence-corrected chi connectivity index (χ3v) is 5.78. The van der Waals surface area contributed by atoms with Crippen molar-refractivity contribution in [3.05, 3.63) is 5.82 Å². The summed E-state index contributed by atoms with van der Waals surface area (Å²) in [4.78, 5) is 7.61. The number of likely N-dealkylation sites (tertiary alicyclic amines) is 1. The molecule has 130 valence electrons. The third kappa shape index (κ3) is 3.89. The first kappa shape index (κ1) is 16.8. The van der Waals surface area contributed by atoms with Crippen molar-refractivity contribution in [3.63, 3.8) is 0 Å². The van der Waals surface area contributed by atoms with Gasteiger partial charge < -0.3 is 9.80 Å². The Bertz CT molecular complexity index is 498. The number of nitrogens with zero attached hydrogens (tertiary/aromatic N) is 7. The van der Waals surface area contributed by atoms with Crippen molar-refractivity contribution in [2.24, 2.45) is 12.5 Å². The van der Waals surface area contributed by atoms with Crippen molar-refractivity contribution in [1.29, 1.82) is 0 Å². The van der Waals surface area contributed by atoms with Crippen LogP contribution in [0.4, 0.5) is 0 Å². The van der Waals surface area contributed by atoms with Crippen LogP contribution in [-0.2, 0) is 7.05 Å². The first-order chi connectivity index (χ1) is 11.0. The Kier molecular flexibility index (Phi) is 4.98. The monoisotopic (exact) mass is 321 g/mol. The number of tetrazole rings is 1. The van der Waals surface area contributed by atoms with E-state index in [0.717, 1.165) is 18.9 Å². The molecule has 0 unspecified atom stereocenters. The number of piperidine rings is 1. The van der Waals surface area contributed by atoms with E-state index in [1.807, 2.05) is 7.05 Å². The fourth-order valence-electron chi connectivity index (χ4n) is 3.91. The second kappa shape index (κ2) is 6.83. The number of aromatic nitrogens is 4. The van der Waals surface area contributed by atoms with Crippen molar-refractivity contribution in [2.45, 2.75) is 32.7 Å². The summed E-state index contributed by atoms with van der Waals surface area (Å²) in [7, 11) is 4.15. The van der Waals surface area contributed by atoms with Gasteiger partial charge in [-0.25, -0.2) is 4.68 Å². The van der Waals surface area contributed by atoms with E-state index in [2.05, 4.69) is 51.1 Å². The largest absolute Gasteiger partial charge is 0.304 e. The van der Waals surface area contributed by atoms with Crippen molar-refractivity contribution in [2.75, 3.05) is 52.9 Å². The van der Waals surface area contributed by atoms with E-state index in [4.69, 9.17) is 0 Å². The Morgan fingerprint density at radius 1 is 1.04 bits per heavy atom. The molecular weight excluding hydrogens is 290 g/mol. The van der Waals surface area contributed by atoms with Crippen LogP contribution in [0, 0.1) is 5.41 Å². The highest BCUT2D eigenvalue weighted by Crippen LogP contribution is 2.34. The Hall–Kier alpha value is -1.05. The highest BCUT2D eigenvalue weighted by Gasteiger charge is 2.34. The van der Waals surface area contributed by atoms with Gasteiger partial charge in [0, 0.05) is 39.8 Å². The third-order valence-electron chi connectivity index (χ3n) is 5.78. The normalized spacial score (nSPS) is 25.6. The smallest absolute Gasteiger partial charge is 0.167 e. The minimum absolute atomic E-state index is 0.295. The van der Waals surface area contributed by atoms with Crippen LogP contribution in [0.15, 0.2) is 0 Å². The molecule has 0 N–H and O–H groups in total. The Balaban J connectivity index is 1.52.